The van der Waals surface area contributed by atoms with E-state index in [1.165, 1.54) is 6.92 Å². The van der Waals surface area contributed by atoms with Gasteiger partial charge in [-0.3, -0.25) is 4.79 Å². The van der Waals surface area contributed by atoms with Crippen molar-refractivity contribution in [3.8, 4) is 0 Å². The number of carbonyl (C=O) groups is 1. The highest BCUT2D eigenvalue weighted by Gasteiger charge is 2.31. The Morgan fingerprint density at radius 2 is 2.10 bits per heavy atom. The Labute approximate surface area is 58.7 Å². The molecule has 0 aromatic rings. The average Bonchev–Trinajstić information content (AvgIpc) is 1.86. The third-order valence-electron chi connectivity index (χ3n) is 0.987. The van der Waals surface area contributed by atoms with Gasteiger partial charge in [-0.15, -0.1) is 0 Å². The van der Waals surface area contributed by atoms with E-state index >= 15 is 0 Å². The van der Waals surface area contributed by atoms with E-state index in [1.54, 1.807) is 0 Å². The Morgan fingerprint density at radius 3 is 2.20 bits per heavy atom. The molecule has 0 aromatic carbocycles. The second-order valence-electron chi connectivity index (χ2n) is 2.18. The molecular weight excluding hydrogens is 136 g/mol. The summed E-state index contributed by atoms with van der Waals surface area (Å²) in [6, 6.07) is 0. The molecule has 0 saturated heterocycles. The molecule has 0 saturated carbocycles. The molecule has 1 unspecified atom stereocenters. The van der Waals surface area contributed by atoms with Crippen LogP contribution in [0, 0.1) is 0 Å². The zero-order valence-electron chi connectivity index (χ0n) is 5.92. The summed E-state index contributed by atoms with van der Waals surface area (Å²) in [5.74, 6) is -2.90. The summed E-state index contributed by atoms with van der Waals surface area (Å²) >= 11 is 0. The van der Waals surface area contributed by atoms with Crippen molar-refractivity contribution < 1.29 is 20.0 Å². The summed E-state index contributed by atoms with van der Waals surface area (Å²) in [5, 5.41) is 16.9. The maximum atomic E-state index is 10.8. The third kappa shape index (κ3) is 1.91. The molecule has 4 nitrogen and oxygen atoms in total. The molecule has 0 radical (unpaired) electrons. The number of Topliss-reactive ketones (excluding diaryl/α,β-unsaturated/α-hetero) is 1. The van der Waals surface area contributed by atoms with E-state index in [0.29, 0.717) is 0 Å². The summed E-state index contributed by atoms with van der Waals surface area (Å²) in [6.07, 6.45) is 0. The van der Waals surface area contributed by atoms with Crippen LogP contribution in [0.5, 0.6) is 0 Å². The largest absolute Gasteiger partial charge is 0.357 e. The molecule has 10 heavy (non-hydrogen) atoms. The molecule has 0 fully saturated rings. The summed E-state index contributed by atoms with van der Waals surface area (Å²) in [5.41, 5.74) is 0.124. The smallest absolute Gasteiger partial charge is 0.259 e. The third-order valence-corrected chi connectivity index (χ3v) is 0.987. The van der Waals surface area contributed by atoms with Gasteiger partial charge in [0.2, 0.25) is 5.78 Å². The zero-order valence-corrected chi connectivity index (χ0v) is 5.92. The summed E-state index contributed by atoms with van der Waals surface area (Å²) in [4.78, 5) is 14.3. The van der Waals surface area contributed by atoms with E-state index in [2.05, 4.69) is 11.5 Å². The second-order valence-corrected chi connectivity index (χ2v) is 2.18. The van der Waals surface area contributed by atoms with E-state index in [4.69, 9.17) is 10.4 Å². The lowest BCUT2D eigenvalue weighted by atomic mass is 10.1. The van der Waals surface area contributed by atoms with Crippen LogP contribution in [0.3, 0.4) is 0 Å². The van der Waals surface area contributed by atoms with E-state index in [9.17, 15) is 4.79 Å². The van der Waals surface area contributed by atoms with Crippen LogP contribution in [-0.4, -0.2) is 21.9 Å². The van der Waals surface area contributed by atoms with Crippen molar-refractivity contribution >= 4 is 5.78 Å². The van der Waals surface area contributed by atoms with Gasteiger partial charge in [-0.05, 0) is 12.5 Å². The molecule has 4 heteroatoms. The molecule has 0 aliphatic heterocycles. The molecule has 0 aliphatic rings. The van der Waals surface area contributed by atoms with Gasteiger partial charge in [0, 0.05) is 6.92 Å². The maximum Gasteiger partial charge on any atom is 0.259 e. The van der Waals surface area contributed by atoms with Gasteiger partial charge in [-0.25, -0.2) is 5.26 Å². The highest BCUT2D eigenvalue weighted by atomic mass is 17.1. The van der Waals surface area contributed by atoms with E-state index in [1.807, 2.05) is 0 Å². The average molecular weight is 146 g/mol. The van der Waals surface area contributed by atoms with Crippen LogP contribution in [0.15, 0.2) is 12.2 Å². The Hall–Kier alpha value is -0.710. The van der Waals surface area contributed by atoms with Crippen LogP contribution in [0.25, 0.3) is 0 Å². The number of ketones is 1. The molecule has 0 heterocycles. The lowest BCUT2D eigenvalue weighted by Crippen LogP contribution is -2.37. The Morgan fingerprint density at radius 1 is 1.70 bits per heavy atom. The first-order chi connectivity index (χ1) is 4.41. The van der Waals surface area contributed by atoms with Gasteiger partial charge in [0.05, 0.1) is 0 Å². The van der Waals surface area contributed by atoms with Crippen molar-refractivity contribution in [2.45, 2.75) is 19.6 Å². The predicted octanol–water partition coefficient (Wildman–Crippen LogP) is 0.330. The topological polar surface area (TPSA) is 66.8 Å². The van der Waals surface area contributed by atoms with Crippen LogP contribution in [0.2, 0.25) is 0 Å². The summed E-state index contributed by atoms with van der Waals surface area (Å²) in [7, 11) is 0. The van der Waals surface area contributed by atoms with Crippen molar-refractivity contribution in [3.63, 3.8) is 0 Å². The number of rotatable bonds is 3. The van der Waals surface area contributed by atoms with Gasteiger partial charge in [0.15, 0.2) is 0 Å². The van der Waals surface area contributed by atoms with E-state index < -0.39 is 11.6 Å². The van der Waals surface area contributed by atoms with Gasteiger partial charge in [0.25, 0.3) is 5.79 Å². The minimum Gasteiger partial charge on any atom is -0.357 e. The standard InChI is InChI=1S/C6H10O4/c1-4(2)5(7)6(3,8)10-9/h8-9H,1H2,2-3H3. The highest BCUT2D eigenvalue weighted by Crippen LogP contribution is 2.09. The fraction of sp³-hybridized carbons (Fsp3) is 0.500. The fourth-order valence-electron chi connectivity index (χ4n) is 0.437. The predicted molar refractivity (Wildman–Crippen MR) is 34.2 cm³/mol. The highest BCUT2D eigenvalue weighted by molar-refractivity contribution is 5.99. The van der Waals surface area contributed by atoms with Gasteiger partial charge < -0.3 is 5.11 Å². The minimum absolute atomic E-state index is 0.124. The number of aliphatic hydroxyl groups is 1. The van der Waals surface area contributed by atoms with Crippen LogP contribution in [0.4, 0.5) is 0 Å². The van der Waals surface area contributed by atoms with Gasteiger partial charge in [0.1, 0.15) is 0 Å². The molecule has 58 valence electrons. The summed E-state index contributed by atoms with van der Waals surface area (Å²) in [6.45, 7) is 5.71. The molecule has 0 spiro atoms. The minimum atomic E-state index is -2.16. The second kappa shape index (κ2) is 2.92. The van der Waals surface area contributed by atoms with Crippen LogP contribution < -0.4 is 0 Å². The first kappa shape index (κ1) is 9.29. The van der Waals surface area contributed by atoms with Crippen molar-refractivity contribution in [2.24, 2.45) is 0 Å². The van der Waals surface area contributed by atoms with Crippen molar-refractivity contribution in [1.82, 2.24) is 0 Å². The molecule has 0 aliphatic carbocycles. The van der Waals surface area contributed by atoms with Crippen molar-refractivity contribution in [1.29, 1.82) is 0 Å². The SMILES string of the molecule is C=C(C)C(=O)C(C)(O)OO. The van der Waals surface area contributed by atoms with Gasteiger partial charge in [-0.2, -0.15) is 4.89 Å². The Balaban J connectivity index is 4.33. The molecule has 0 aromatic heterocycles. The normalized spacial score (nSPS) is 16.0. The first-order valence-electron chi connectivity index (χ1n) is 2.67. The maximum absolute atomic E-state index is 10.8. The lowest BCUT2D eigenvalue weighted by Gasteiger charge is -2.16. The Bertz CT molecular complexity index is 159. The van der Waals surface area contributed by atoms with Crippen LogP contribution in [0.1, 0.15) is 13.8 Å². The fourth-order valence-corrected chi connectivity index (χ4v) is 0.437. The molecule has 1 atom stereocenters. The molecule has 0 rings (SSSR count). The number of hydrogen-bond acceptors (Lipinski definition) is 4. The molecular formula is C6H10O4. The van der Waals surface area contributed by atoms with Crippen LogP contribution >= 0.6 is 0 Å². The molecule has 2 N–H and O–H groups in total. The van der Waals surface area contributed by atoms with Gasteiger partial charge in [-0.1, -0.05) is 6.58 Å². The number of carbonyl (C=O) groups excluding carboxylic acids is 1. The molecule has 0 amide bonds. The lowest BCUT2D eigenvalue weighted by molar-refractivity contribution is -0.365. The van der Waals surface area contributed by atoms with Crippen LogP contribution in [-0.2, 0) is 9.68 Å². The number of hydrogen-bond donors (Lipinski definition) is 2. The van der Waals surface area contributed by atoms with E-state index in [-0.39, 0.29) is 5.57 Å². The first-order valence-corrected chi connectivity index (χ1v) is 2.67. The summed E-state index contributed by atoms with van der Waals surface area (Å²) < 4.78 is 0. The zero-order chi connectivity index (χ0) is 8.36. The van der Waals surface area contributed by atoms with Crippen molar-refractivity contribution in [3.05, 3.63) is 12.2 Å². The van der Waals surface area contributed by atoms with E-state index in [0.717, 1.165) is 6.92 Å². The molecule has 0 bridgehead atoms. The monoisotopic (exact) mass is 146 g/mol. The Kier molecular flexibility index (Phi) is 2.71. The quantitative estimate of drug-likeness (QED) is 0.260. The van der Waals surface area contributed by atoms with Gasteiger partial charge >= 0.3 is 0 Å². The van der Waals surface area contributed by atoms with Crippen molar-refractivity contribution in [2.75, 3.05) is 0 Å².